The molecule has 4 aromatic rings. The molecule has 0 unspecified atom stereocenters. The minimum absolute atomic E-state index is 0.457. The Morgan fingerprint density at radius 3 is 1.96 bits per heavy atom. The molecule has 0 amide bonds. The van der Waals surface area contributed by atoms with Gasteiger partial charge in [-0.3, -0.25) is 0 Å². The summed E-state index contributed by atoms with van der Waals surface area (Å²) in [4.78, 5) is 4.77. The van der Waals surface area contributed by atoms with Gasteiger partial charge in [-0.15, -0.1) is 0 Å². The topological polar surface area (TPSA) is 53.4 Å². The summed E-state index contributed by atoms with van der Waals surface area (Å²) >= 11 is 0. The van der Waals surface area contributed by atoms with Crippen LogP contribution in [0.3, 0.4) is 0 Å². The van der Waals surface area contributed by atoms with Gasteiger partial charge in [-0.1, -0.05) is 72.8 Å². The molecule has 0 aliphatic carbocycles. The Balaban J connectivity index is 2.01. The molecule has 0 spiro atoms. The summed E-state index contributed by atoms with van der Waals surface area (Å²) in [6, 6.07) is 27.5. The molecule has 0 saturated carbocycles. The standard InChI is InChI=1S/C21H16BNO2/c24-22(25)17-11-12-20-19(13-17)18(15-7-3-1-4-8-15)14-21(23-20)16-9-5-2-6-10-16/h1-14,24-25H. The van der Waals surface area contributed by atoms with Gasteiger partial charge in [0.15, 0.2) is 0 Å². The molecule has 0 saturated heterocycles. The van der Waals surface area contributed by atoms with Crippen LogP contribution in [0.15, 0.2) is 84.9 Å². The maximum absolute atomic E-state index is 9.51. The Morgan fingerprint density at radius 2 is 1.32 bits per heavy atom. The highest BCUT2D eigenvalue weighted by atomic mass is 16.4. The lowest BCUT2D eigenvalue weighted by atomic mass is 9.79. The van der Waals surface area contributed by atoms with Gasteiger partial charge in [0.1, 0.15) is 0 Å². The lowest BCUT2D eigenvalue weighted by Gasteiger charge is -2.12. The largest absolute Gasteiger partial charge is 0.488 e. The van der Waals surface area contributed by atoms with Gasteiger partial charge < -0.3 is 10.0 Å². The number of nitrogens with zero attached hydrogens (tertiary/aromatic N) is 1. The predicted molar refractivity (Wildman–Crippen MR) is 102 cm³/mol. The van der Waals surface area contributed by atoms with Crippen molar-refractivity contribution in [3.8, 4) is 22.4 Å². The monoisotopic (exact) mass is 325 g/mol. The second-order valence-corrected chi connectivity index (χ2v) is 5.94. The third-order valence-corrected chi connectivity index (χ3v) is 4.29. The van der Waals surface area contributed by atoms with Gasteiger partial charge in [-0.2, -0.15) is 0 Å². The zero-order valence-electron chi connectivity index (χ0n) is 13.5. The van der Waals surface area contributed by atoms with Crippen LogP contribution in [0.2, 0.25) is 0 Å². The van der Waals surface area contributed by atoms with Crippen molar-refractivity contribution in [2.24, 2.45) is 0 Å². The summed E-state index contributed by atoms with van der Waals surface area (Å²) in [5.74, 6) is 0. The van der Waals surface area contributed by atoms with E-state index in [4.69, 9.17) is 4.98 Å². The molecule has 120 valence electrons. The fourth-order valence-electron chi connectivity index (χ4n) is 3.02. The quantitative estimate of drug-likeness (QED) is 0.569. The number of pyridine rings is 1. The summed E-state index contributed by atoms with van der Waals surface area (Å²) in [7, 11) is -1.50. The molecule has 1 heterocycles. The lowest BCUT2D eigenvalue weighted by Crippen LogP contribution is -2.29. The van der Waals surface area contributed by atoms with E-state index >= 15 is 0 Å². The van der Waals surface area contributed by atoms with Crippen LogP contribution in [0.1, 0.15) is 0 Å². The van der Waals surface area contributed by atoms with Crippen molar-refractivity contribution in [1.82, 2.24) is 4.98 Å². The molecule has 0 radical (unpaired) electrons. The predicted octanol–water partition coefficient (Wildman–Crippen LogP) is 3.25. The van der Waals surface area contributed by atoms with Crippen LogP contribution < -0.4 is 5.46 Å². The maximum atomic E-state index is 9.51. The van der Waals surface area contributed by atoms with Crippen LogP contribution in [0.4, 0.5) is 0 Å². The summed E-state index contributed by atoms with van der Waals surface area (Å²) in [5.41, 5.74) is 5.31. The van der Waals surface area contributed by atoms with Gasteiger partial charge in [0.2, 0.25) is 0 Å². The van der Waals surface area contributed by atoms with E-state index in [1.54, 1.807) is 12.1 Å². The van der Waals surface area contributed by atoms with E-state index in [0.717, 1.165) is 33.3 Å². The van der Waals surface area contributed by atoms with Crippen LogP contribution >= 0.6 is 0 Å². The van der Waals surface area contributed by atoms with Crippen LogP contribution in [-0.2, 0) is 0 Å². The van der Waals surface area contributed by atoms with Crippen molar-refractivity contribution in [2.45, 2.75) is 0 Å². The molecule has 0 aliphatic heterocycles. The number of hydrogen-bond acceptors (Lipinski definition) is 3. The number of fused-ring (bicyclic) bond motifs is 1. The van der Waals surface area contributed by atoms with Gasteiger partial charge >= 0.3 is 7.12 Å². The average molecular weight is 325 g/mol. The molecule has 0 aliphatic rings. The van der Waals surface area contributed by atoms with Gasteiger partial charge in [0.25, 0.3) is 0 Å². The van der Waals surface area contributed by atoms with Crippen molar-refractivity contribution in [3.05, 3.63) is 84.9 Å². The average Bonchev–Trinajstić information content (AvgIpc) is 2.68. The Hall–Kier alpha value is -2.95. The minimum atomic E-state index is -1.50. The van der Waals surface area contributed by atoms with Crippen molar-refractivity contribution >= 4 is 23.5 Å². The van der Waals surface area contributed by atoms with Gasteiger partial charge in [0, 0.05) is 10.9 Å². The lowest BCUT2D eigenvalue weighted by molar-refractivity contribution is 0.426. The summed E-state index contributed by atoms with van der Waals surface area (Å²) < 4.78 is 0. The van der Waals surface area contributed by atoms with Crippen LogP contribution in [0.25, 0.3) is 33.3 Å². The highest BCUT2D eigenvalue weighted by molar-refractivity contribution is 6.59. The van der Waals surface area contributed by atoms with E-state index in [9.17, 15) is 10.0 Å². The highest BCUT2D eigenvalue weighted by Gasteiger charge is 2.15. The van der Waals surface area contributed by atoms with Crippen molar-refractivity contribution < 1.29 is 10.0 Å². The summed E-state index contributed by atoms with van der Waals surface area (Å²) in [6.45, 7) is 0. The molecule has 3 aromatic carbocycles. The Bertz CT molecular complexity index is 1020. The molecule has 0 atom stereocenters. The third-order valence-electron chi connectivity index (χ3n) is 4.29. The Morgan fingerprint density at radius 1 is 0.680 bits per heavy atom. The Labute approximate surface area is 146 Å². The zero-order valence-corrected chi connectivity index (χ0v) is 13.5. The normalized spacial score (nSPS) is 10.8. The van der Waals surface area contributed by atoms with Gasteiger partial charge in [0.05, 0.1) is 11.2 Å². The molecular weight excluding hydrogens is 309 g/mol. The molecule has 1 aromatic heterocycles. The van der Waals surface area contributed by atoms with E-state index in [1.807, 2.05) is 66.7 Å². The number of benzene rings is 3. The number of rotatable bonds is 3. The first-order valence-corrected chi connectivity index (χ1v) is 8.14. The molecule has 0 fully saturated rings. The second kappa shape index (κ2) is 6.51. The molecule has 2 N–H and O–H groups in total. The first-order valence-electron chi connectivity index (χ1n) is 8.14. The van der Waals surface area contributed by atoms with Crippen molar-refractivity contribution in [2.75, 3.05) is 0 Å². The van der Waals surface area contributed by atoms with E-state index in [1.165, 1.54) is 0 Å². The van der Waals surface area contributed by atoms with E-state index in [2.05, 4.69) is 6.07 Å². The zero-order chi connectivity index (χ0) is 17.2. The van der Waals surface area contributed by atoms with Crippen molar-refractivity contribution in [1.29, 1.82) is 0 Å². The summed E-state index contributed by atoms with van der Waals surface area (Å²) in [5, 5.41) is 19.9. The number of aromatic nitrogens is 1. The SMILES string of the molecule is OB(O)c1ccc2nc(-c3ccccc3)cc(-c3ccccc3)c2c1. The van der Waals surface area contributed by atoms with Crippen LogP contribution in [0, 0.1) is 0 Å². The van der Waals surface area contributed by atoms with E-state index in [0.29, 0.717) is 5.46 Å². The second-order valence-electron chi connectivity index (χ2n) is 5.94. The van der Waals surface area contributed by atoms with Crippen LogP contribution in [0.5, 0.6) is 0 Å². The Kier molecular flexibility index (Phi) is 4.06. The molecule has 25 heavy (non-hydrogen) atoms. The molecule has 0 bridgehead atoms. The third kappa shape index (κ3) is 3.05. The van der Waals surface area contributed by atoms with Crippen LogP contribution in [-0.4, -0.2) is 22.2 Å². The van der Waals surface area contributed by atoms with E-state index in [-0.39, 0.29) is 0 Å². The smallest absolute Gasteiger partial charge is 0.423 e. The molecule has 4 heteroatoms. The fraction of sp³-hybridized carbons (Fsp3) is 0. The van der Waals surface area contributed by atoms with Gasteiger partial charge in [-0.25, -0.2) is 4.98 Å². The number of hydrogen-bond donors (Lipinski definition) is 2. The maximum Gasteiger partial charge on any atom is 0.488 e. The summed E-state index contributed by atoms with van der Waals surface area (Å²) in [6.07, 6.45) is 0. The first-order chi connectivity index (χ1) is 12.2. The first kappa shape index (κ1) is 15.6. The van der Waals surface area contributed by atoms with Gasteiger partial charge in [-0.05, 0) is 28.7 Å². The fourth-order valence-corrected chi connectivity index (χ4v) is 3.02. The molecule has 3 nitrogen and oxygen atoms in total. The van der Waals surface area contributed by atoms with Crippen molar-refractivity contribution in [3.63, 3.8) is 0 Å². The molecular formula is C21H16BNO2. The van der Waals surface area contributed by atoms with E-state index < -0.39 is 7.12 Å². The minimum Gasteiger partial charge on any atom is -0.423 e. The molecule has 4 rings (SSSR count). The highest BCUT2D eigenvalue weighted by Crippen LogP contribution is 2.31.